The molecule has 0 spiro atoms. The van der Waals surface area contributed by atoms with Crippen LogP contribution in [0, 0.1) is 20.8 Å². The first-order valence-electron chi connectivity index (χ1n) is 15.8. The van der Waals surface area contributed by atoms with E-state index in [-0.39, 0.29) is 0 Å². The van der Waals surface area contributed by atoms with Crippen molar-refractivity contribution in [1.82, 2.24) is 0 Å². The van der Waals surface area contributed by atoms with Gasteiger partial charge in [-0.05, 0) is 94.7 Å². The summed E-state index contributed by atoms with van der Waals surface area (Å²) in [4.78, 5) is 0. The van der Waals surface area contributed by atoms with Gasteiger partial charge in [-0.3, -0.25) is 0 Å². The van der Waals surface area contributed by atoms with Crippen molar-refractivity contribution in [2.75, 3.05) is 0 Å². The molecule has 0 saturated heterocycles. The van der Waals surface area contributed by atoms with Crippen molar-refractivity contribution in [3.63, 3.8) is 0 Å². The molecule has 46 heavy (non-hydrogen) atoms. The molecule has 0 N–H and O–H groups in total. The number of benzene rings is 6. The highest BCUT2D eigenvalue weighted by molar-refractivity contribution is 7.79. The molecule has 0 aliphatic heterocycles. The zero-order valence-electron chi connectivity index (χ0n) is 26.8. The van der Waals surface area contributed by atoms with Crippen LogP contribution in [-0.2, 0) is 0 Å². The van der Waals surface area contributed by atoms with E-state index in [4.69, 9.17) is 0 Å². The molecule has 224 valence electrons. The molecule has 0 amide bonds. The van der Waals surface area contributed by atoms with Gasteiger partial charge in [0.1, 0.15) is 0 Å². The Morgan fingerprint density at radius 1 is 0.304 bits per heavy atom. The van der Waals surface area contributed by atoms with Crippen LogP contribution in [0.3, 0.4) is 0 Å². The lowest BCUT2D eigenvalue weighted by Crippen LogP contribution is -2.20. The molecule has 6 rings (SSSR count). The maximum atomic E-state index is 2.31. The first-order valence-corrected chi connectivity index (χ1v) is 17.2. The second kappa shape index (κ2) is 14.8. The molecule has 0 unspecified atom stereocenters. The van der Waals surface area contributed by atoms with Crippen LogP contribution in [0.4, 0.5) is 0 Å². The second-order valence-corrected chi connectivity index (χ2v) is 13.9. The van der Waals surface area contributed by atoms with Crippen LogP contribution >= 0.6 is 7.92 Å². The Morgan fingerprint density at radius 2 is 0.565 bits per heavy atom. The van der Waals surface area contributed by atoms with Crippen LogP contribution in [0.1, 0.15) is 50.1 Å². The minimum Gasteiger partial charge on any atom is -0.0620 e. The summed E-state index contributed by atoms with van der Waals surface area (Å²) in [5.41, 5.74) is 11.2. The average Bonchev–Trinajstić information content (AvgIpc) is 3.09. The minimum atomic E-state index is -0.730. The maximum Gasteiger partial charge on any atom is -0.0134 e. The lowest BCUT2D eigenvalue weighted by atomic mass is 10.1. The third-order valence-electron chi connectivity index (χ3n) is 8.39. The van der Waals surface area contributed by atoms with E-state index in [1.54, 1.807) is 0 Å². The predicted octanol–water partition coefficient (Wildman–Crippen LogP) is 10.9. The van der Waals surface area contributed by atoms with E-state index in [0.29, 0.717) is 0 Å². The Hall–Kier alpha value is -5.03. The molecule has 0 radical (unpaired) electrons. The molecular formula is C45H39P. The lowest BCUT2D eigenvalue weighted by molar-refractivity contribution is 1.45. The van der Waals surface area contributed by atoms with Gasteiger partial charge in [-0.25, -0.2) is 0 Å². The number of hydrogen-bond acceptors (Lipinski definition) is 0. The molecular weight excluding hydrogens is 571 g/mol. The van der Waals surface area contributed by atoms with Crippen molar-refractivity contribution >= 4 is 60.3 Å². The van der Waals surface area contributed by atoms with Gasteiger partial charge in [-0.1, -0.05) is 182 Å². The third-order valence-corrected chi connectivity index (χ3v) is 10.8. The van der Waals surface area contributed by atoms with Gasteiger partial charge in [0.25, 0.3) is 0 Å². The lowest BCUT2D eigenvalue weighted by Gasteiger charge is -2.20. The van der Waals surface area contributed by atoms with E-state index in [1.165, 1.54) is 66.0 Å². The quantitative estimate of drug-likeness (QED) is 0.113. The van der Waals surface area contributed by atoms with Gasteiger partial charge < -0.3 is 0 Å². The van der Waals surface area contributed by atoms with Crippen LogP contribution in [0.2, 0.25) is 0 Å². The fourth-order valence-corrected chi connectivity index (χ4v) is 7.77. The van der Waals surface area contributed by atoms with Crippen molar-refractivity contribution in [3.05, 3.63) is 196 Å². The molecule has 6 aromatic rings. The molecule has 6 aromatic carbocycles. The largest absolute Gasteiger partial charge is 0.0620 e. The maximum absolute atomic E-state index is 2.31. The Bertz CT molecular complexity index is 1750. The fraction of sp³-hybridized carbons (Fsp3) is 0.0667. The summed E-state index contributed by atoms with van der Waals surface area (Å²) in [5.74, 6) is 0. The molecule has 0 aromatic heterocycles. The van der Waals surface area contributed by atoms with Gasteiger partial charge in [-0.15, -0.1) is 0 Å². The number of aryl methyl sites for hydroxylation is 3. The number of hydrogen-bond donors (Lipinski definition) is 0. The Kier molecular flexibility index (Phi) is 9.99. The molecule has 0 fully saturated rings. The first-order chi connectivity index (χ1) is 22.5. The van der Waals surface area contributed by atoms with Crippen molar-refractivity contribution in [1.29, 1.82) is 0 Å². The zero-order valence-corrected chi connectivity index (χ0v) is 27.7. The molecule has 0 bridgehead atoms. The minimum absolute atomic E-state index is 0.730. The molecule has 1 heteroatoms. The summed E-state index contributed by atoms with van der Waals surface area (Å²) in [6.45, 7) is 6.47. The van der Waals surface area contributed by atoms with Crippen molar-refractivity contribution < 1.29 is 0 Å². The van der Waals surface area contributed by atoms with E-state index in [0.717, 1.165) is 0 Å². The molecule has 0 aliphatic rings. The van der Waals surface area contributed by atoms with Crippen LogP contribution in [-0.4, -0.2) is 0 Å². The van der Waals surface area contributed by atoms with Crippen molar-refractivity contribution in [2.24, 2.45) is 0 Å². The van der Waals surface area contributed by atoms with E-state index in [9.17, 15) is 0 Å². The summed E-state index contributed by atoms with van der Waals surface area (Å²) >= 11 is 0. The van der Waals surface area contributed by atoms with E-state index < -0.39 is 7.92 Å². The monoisotopic (exact) mass is 610 g/mol. The van der Waals surface area contributed by atoms with Crippen LogP contribution in [0.5, 0.6) is 0 Å². The predicted molar refractivity (Wildman–Crippen MR) is 205 cm³/mol. The molecule has 0 atom stereocenters. The number of rotatable bonds is 9. The van der Waals surface area contributed by atoms with Gasteiger partial charge in [-0.2, -0.15) is 0 Å². The zero-order chi connectivity index (χ0) is 31.7. The first kappa shape index (κ1) is 31.0. The van der Waals surface area contributed by atoms with Crippen LogP contribution in [0.25, 0.3) is 36.5 Å². The fourth-order valence-electron chi connectivity index (χ4n) is 5.53. The van der Waals surface area contributed by atoms with Gasteiger partial charge in [0.2, 0.25) is 0 Å². The highest BCUT2D eigenvalue weighted by Crippen LogP contribution is 2.33. The van der Waals surface area contributed by atoms with Gasteiger partial charge >= 0.3 is 0 Å². The summed E-state index contributed by atoms with van der Waals surface area (Å²) in [6.07, 6.45) is 13.2. The van der Waals surface area contributed by atoms with E-state index >= 15 is 0 Å². The molecule has 0 saturated carbocycles. The van der Waals surface area contributed by atoms with Gasteiger partial charge in [0.05, 0.1) is 0 Å². The smallest absolute Gasteiger partial charge is 0.0134 e. The Morgan fingerprint density at radius 3 is 0.826 bits per heavy atom. The van der Waals surface area contributed by atoms with Gasteiger partial charge in [0.15, 0.2) is 0 Å². The Labute approximate surface area is 275 Å². The third kappa shape index (κ3) is 7.78. The summed E-state index contributed by atoms with van der Waals surface area (Å²) < 4.78 is 0. The van der Waals surface area contributed by atoms with Crippen LogP contribution < -0.4 is 15.9 Å². The summed E-state index contributed by atoms with van der Waals surface area (Å²) in [6, 6.07) is 52.8. The second-order valence-electron chi connectivity index (χ2n) is 11.7. The standard InChI is InChI=1S/C45H39P/c1-34-10-4-7-13-40(34)25-16-37-19-28-43(29-20-37)46(44-30-21-38(22-31-44)17-26-41-14-8-5-11-35(41)2)45-32-23-39(24-33-45)18-27-42-15-9-6-12-36(42)3/h4-33H,1-3H3. The average molecular weight is 611 g/mol. The summed E-state index contributed by atoms with van der Waals surface area (Å²) in [5, 5.41) is 4.03. The van der Waals surface area contributed by atoms with Crippen molar-refractivity contribution in [2.45, 2.75) is 20.8 Å². The van der Waals surface area contributed by atoms with Crippen molar-refractivity contribution in [3.8, 4) is 0 Å². The molecule has 0 nitrogen and oxygen atoms in total. The highest BCUT2D eigenvalue weighted by Gasteiger charge is 2.16. The van der Waals surface area contributed by atoms with Gasteiger partial charge in [0, 0.05) is 0 Å². The highest BCUT2D eigenvalue weighted by atomic mass is 31.1. The summed E-state index contributed by atoms with van der Waals surface area (Å²) in [7, 11) is -0.730. The molecule has 0 aliphatic carbocycles. The topological polar surface area (TPSA) is 0 Å². The molecule has 0 heterocycles. The SMILES string of the molecule is Cc1ccccc1C=Cc1ccc(P(c2ccc(C=Cc3ccccc3C)cc2)c2ccc(C=Cc3ccccc3C)cc2)cc1. The Balaban J connectivity index is 1.29. The van der Waals surface area contributed by atoms with Crippen LogP contribution in [0.15, 0.2) is 146 Å². The normalized spacial score (nSPS) is 12.3. The van der Waals surface area contributed by atoms with E-state index in [2.05, 4.69) is 203 Å². The van der Waals surface area contributed by atoms with E-state index in [1.807, 2.05) is 0 Å².